The third kappa shape index (κ3) is 5.05. The number of aromatic nitrogens is 3. The van der Waals surface area contributed by atoms with E-state index in [1.807, 2.05) is 24.8 Å². The molecule has 6 heterocycles. The van der Waals surface area contributed by atoms with E-state index in [2.05, 4.69) is 27.0 Å². The van der Waals surface area contributed by atoms with Crippen LogP contribution in [0.4, 0.5) is 19.4 Å². The van der Waals surface area contributed by atoms with Gasteiger partial charge in [-0.15, -0.1) is 0 Å². The molecule has 8 nitrogen and oxygen atoms in total. The summed E-state index contributed by atoms with van der Waals surface area (Å²) in [4.78, 5) is 26.5. The number of fused-ring (bicyclic) bond motifs is 4. The van der Waals surface area contributed by atoms with Gasteiger partial charge in [0.05, 0.1) is 39.9 Å². The van der Waals surface area contributed by atoms with Crippen molar-refractivity contribution in [1.29, 1.82) is 5.26 Å². The molecule has 4 atom stereocenters. The average molecular weight is 701 g/mol. The Balaban J connectivity index is 1.34. The monoisotopic (exact) mass is 699 g/mol. The van der Waals surface area contributed by atoms with Crippen molar-refractivity contribution in [1.82, 2.24) is 24.8 Å². The van der Waals surface area contributed by atoms with Gasteiger partial charge in [-0.3, -0.25) is 4.90 Å². The molecule has 5 aromatic rings. The summed E-state index contributed by atoms with van der Waals surface area (Å²) < 4.78 is 33.0. The molecule has 12 heteroatoms. The lowest BCUT2D eigenvalue weighted by molar-refractivity contribution is 0.165. The number of pyridine rings is 2. The van der Waals surface area contributed by atoms with Gasteiger partial charge in [0.25, 0.3) is 0 Å². The molecule has 0 radical (unpaired) electrons. The molecule has 1 N–H and O–H groups in total. The second kappa shape index (κ2) is 12.2. The van der Waals surface area contributed by atoms with Crippen LogP contribution in [-0.2, 0) is 6.42 Å². The highest BCUT2D eigenvalue weighted by molar-refractivity contribution is 6.43. The molecular weight excluding hydrogens is 667 g/mol. The maximum absolute atomic E-state index is 17.0. The molecule has 0 unspecified atom stereocenters. The SMILES string of the molecule is Cc1nc2c(F)c(-c3cccc(Cl)c3Cl)c(CCC#N)cc2c2c1cc([C@@H](C)N1CCCN(c3ccc(F)cn3)C1=O)n2[C@H]1[C@H]2CN[C@@H]1C2. The van der Waals surface area contributed by atoms with E-state index in [1.54, 1.807) is 23.1 Å². The Bertz CT molecular complexity index is 2180. The third-order valence-corrected chi connectivity index (χ3v) is 11.4. The number of urea groups is 1. The Hall–Kier alpha value is -4.30. The molecule has 2 aromatic carbocycles. The van der Waals surface area contributed by atoms with Crippen molar-refractivity contribution in [3.8, 4) is 17.2 Å². The Kier molecular flexibility index (Phi) is 7.97. The zero-order valence-corrected chi connectivity index (χ0v) is 28.5. The Morgan fingerprint density at radius 3 is 2.69 bits per heavy atom. The summed E-state index contributed by atoms with van der Waals surface area (Å²) in [6, 6.07) is 14.1. The minimum atomic E-state index is -0.509. The van der Waals surface area contributed by atoms with Crippen LogP contribution in [0.15, 0.2) is 48.7 Å². The first-order chi connectivity index (χ1) is 23.7. The molecule has 4 aliphatic rings. The third-order valence-electron chi connectivity index (χ3n) is 10.6. The van der Waals surface area contributed by atoms with Gasteiger partial charge >= 0.3 is 6.03 Å². The maximum Gasteiger partial charge on any atom is 0.326 e. The van der Waals surface area contributed by atoms with Gasteiger partial charge in [-0.2, -0.15) is 5.26 Å². The van der Waals surface area contributed by atoms with Gasteiger partial charge < -0.3 is 14.8 Å². The summed E-state index contributed by atoms with van der Waals surface area (Å²) in [7, 11) is 0. The quantitative estimate of drug-likeness (QED) is 0.184. The lowest BCUT2D eigenvalue weighted by Crippen LogP contribution is -2.51. The number of hydrogen-bond donors (Lipinski definition) is 1. The normalized spacial score (nSPS) is 21.0. The molecule has 250 valence electrons. The number of hydrogen-bond acceptors (Lipinski definition) is 5. The number of benzene rings is 2. The van der Waals surface area contributed by atoms with Crippen LogP contribution in [0.5, 0.6) is 0 Å². The lowest BCUT2D eigenvalue weighted by atomic mass is 9.79. The number of anilines is 1. The van der Waals surface area contributed by atoms with Crippen molar-refractivity contribution in [2.24, 2.45) is 5.92 Å². The highest BCUT2D eigenvalue weighted by Crippen LogP contribution is 2.50. The van der Waals surface area contributed by atoms with Crippen molar-refractivity contribution >= 4 is 56.9 Å². The van der Waals surface area contributed by atoms with Crippen molar-refractivity contribution in [3.63, 3.8) is 0 Å². The maximum atomic E-state index is 17.0. The van der Waals surface area contributed by atoms with E-state index in [0.717, 1.165) is 42.2 Å². The molecule has 3 aromatic heterocycles. The van der Waals surface area contributed by atoms with Crippen LogP contribution in [0.25, 0.3) is 32.9 Å². The second-order valence-corrected chi connectivity index (χ2v) is 14.1. The number of nitrogens with zero attached hydrogens (tertiary/aromatic N) is 6. The summed E-state index contributed by atoms with van der Waals surface area (Å²) in [5, 5.41) is 15.3. The molecule has 2 bridgehead atoms. The Morgan fingerprint density at radius 2 is 1.98 bits per heavy atom. The molecular formula is C37H33Cl2F2N7O. The average Bonchev–Trinajstić information content (AvgIpc) is 3.83. The number of amides is 2. The highest BCUT2D eigenvalue weighted by Gasteiger charge is 2.49. The first kappa shape index (κ1) is 31.9. The molecule has 3 aliphatic heterocycles. The molecule has 3 saturated heterocycles. The summed E-state index contributed by atoms with van der Waals surface area (Å²) in [5.41, 5.74) is 4.10. The van der Waals surface area contributed by atoms with E-state index in [9.17, 15) is 14.4 Å². The van der Waals surface area contributed by atoms with Gasteiger partial charge in [0.2, 0.25) is 0 Å². The van der Waals surface area contributed by atoms with Crippen molar-refractivity contribution in [2.45, 2.75) is 57.7 Å². The summed E-state index contributed by atoms with van der Waals surface area (Å²) >= 11 is 13.0. The largest absolute Gasteiger partial charge is 0.337 e. The summed E-state index contributed by atoms with van der Waals surface area (Å²) in [6.07, 6.45) is 3.39. The van der Waals surface area contributed by atoms with Crippen LogP contribution in [0.3, 0.4) is 0 Å². The van der Waals surface area contributed by atoms with Gasteiger partial charge in [0.15, 0.2) is 5.82 Å². The van der Waals surface area contributed by atoms with Crippen molar-refractivity contribution < 1.29 is 13.6 Å². The van der Waals surface area contributed by atoms with Gasteiger partial charge in [0, 0.05) is 65.4 Å². The first-order valence-electron chi connectivity index (χ1n) is 16.6. The summed E-state index contributed by atoms with van der Waals surface area (Å²) in [5.74, 6) is -0.171. The smallest absolute Gasteiger partial charge is 0.326 e. The second-order valence-electron chi connectivity index (χ2n) is 13.3. The van der Waals surface area contributed by atoms with E-state index in [0.29, 0.717) is 64.0 Å². The van der Waals surface area contributed by atoms with Gasteiger partial charge in [-0.1, -0.05) is 35.3 Å². The van der Waals surface area contributed by atoms with E-state index in [4.69, 9.17) is 28.2 Å². The molecule has 1 saturated carbocycles. The number of carbonyl (C=O) groups excluding carboxylic acids is 1. The lowest BCUT2D eigenvalue weighted by Gasteiger charge is -2.42. The number of rotatable bonds is 7. The molecule has 9 rings (SSSR count). The van der Waals surface area contributed by atoms with Crippen LogP contribution in [0.2, 0.25) is 10.0 Å². The molecule has 0 spiro atoms. The highest BCUT2D eigenvalue weighted by atomic mass is 35.5. The molecule has 1 aliphatic carbocycles. The number of carbonyl (C=O) groups is 1. The fourth-order valence-electron chi connectivity index (χ4n) is 8.17. The molecule has 2 amide bonds. The minimum absolute atomic E-state index is 0.113. The van der Waals surface area contributed by atoms with Crippen LogP contribution in [0.1, 0.15) is 55.2 Å². The Morgan fingerprint density at radius 1 is 1.14 bits per heavy atom. The fraction of sp³-hybridized carbons (Fsp3) is 0.351. The van der Waals surface area contributed by atoms with Crippen molar-refractivity contribution in [2.75, 3.05) is 24.5 Å². The van der Waals surface area contributed by atoms with Gasteiger partial charge in [0.1, 0.15) is 17.2 Å². The first-order valence-corrected chi connectivity index (χ1v) is 17.3. The molecule has 4 fully saturated rings. The van der Waals surface area contributed by atoms with Crippen LogP contribution >= 0.6 is 23.2 Å². The topological polar surface area (TPSA) is 90.1 Å². The predicted molar refractivity (Wildman–Crippen MR) is 187 cm³/mol. The number of nitriles is 1. The van der Waals surface area contributed by atoms with Crippen LogP contribution < -0.4 is 10.2 Å². The minimum Gasteiger partial charge on any atom is -0.337 e. The van der Waals surface area contributed by atoms with E-state index in [-0.39, 0.29) is 41.1 Å². The van der Waals surface area contributed by atoms with E-state index >= 15 is 4.39 Å². The number of nitrogens with one attached hydrogen (secondary N) is 1. The number of halogens is 4. The Labute approximate surface area is 292 Å². The van der Waals surface area contributed by atoms with Gasteiger partial charge in [-0.05, 0) is 74.9 Å². The standard InChI is InChI=1S/C37H33Cl2F2N7O/c1-19-25-16-29(20(2)46-12-5-13-47(37(46)49)30-10-9-23(40)18-44-30)48(35-22-15-28(35)43-17-22)36(25)26-14-21(6-4-11-42)31(33(41)34(26)45-19)24-7-3-8-27(38)32(24)39/h3,7-10,14,16,18,20,22,28,35,43H,4-6,12-13,15,17H2,1-2H3/t20-,22-,28-,35+/m1/s1. The molecule has 49 heavy (non-hydrogen) atoms. The van der Waals surface area contributed by atoms with E-state index < -0.39 is 11.6 Å². The zero-order chi connectivity index (χ0) is 34.1. The fourth-order valence-corrected chi connectivity index (χ4v) is 8.56. The van der Waals surface area contributed by atoms with Crippen LogP contribution in [-0.4, -0.2) is 51.1 Å². The van der Waals surface area contributed by atoms with E-state index in [1.165, 1.54) is 12.1 Å². The van der Waals surface area contributed by atoms with Crippen LogP contribution in [0, 0.1) is 35.8 Å². The number of aryl methyl sites for hydroxylation is 2. The summed E-state index contributed by atoms with van der Waals surface area (Å²) in [6.45, 7) is 5.83. The predicted octanol–water partition coefficient (Wildman–Crippen LogP) is 8.53. The van der Waals surface area contributed by atoms with Crippen molar-refractivity contribution in [3.05, 3.63) is 87.3 Å². The van der Waals surface area contributed by atoms with Gasteiger partial charge in [-0.25, -0.2) is 23.5 Å². The zero-order valence-electron chi connectivity index (χ0n) is 27.0.